The molecule has 1 aromatic heterocycles. The Balaban J connectivity index is 1.71. The molecule has 0 aliphatic heterocycles. The van der Waals surface area contributed by atoms with Crippen LogP contribution in [0, 0.1) is 0 Å². The van der Waals surface area contributed by atoms with Gasteiger partial charge in [0.25, 0.3) is 5.91 Å². The predicted molar refractivity (Wildman–Crippen MR) is 164 cm³/mol. The van der Waals surface area contributed by atoms with E-state index in [-0.39, 0.29) is 24.1 Å². The van der Waals surface area contributed by atoms with Crippen LogP contribution < -0.4 is 16.8 Å². The van der Waals surface area contributed by atoms with Gasteiger partial charge in [0.05, 0.1) is 5.66 Å². The number of nitrogens with zero attached hydrogens (tertiary/aromatic N) is 2. The van der Waals surface area contributed by atoms with Crippen LogP contribution in [0.5, 0.6) is 0 Å². The van der Waals surface area contributed by atoms with Gasteiger partial charge in [0.1, 0.15) is 12.1 Å². The van der Waals surface area contributed by atoms with Gasteiger partial charge in [0.2, 0.25) is 11.8 Å². The highest BCUT2D eigenvalue weighted by molar-refractivity contribution is 7.17. The molecule has 0 aliphatic carbocycles. The van der Waals surface area contributed by atoms with E-state index in [9.17, 15) is 14.4 Å². The normalized spacial score (nSPS) is 12.9. The Morgan fingerprint density at radius 3 is 2.24 bits per heavy atom. The quantitative estimate of drug-likeness (QED) is 0.252. The lowest BCUT2D eigenvalue weighted by atomic mass is 9.98. The van der Waals surface area contributed by atoms with Gasteiger partial charge in [-0.3, -0.25) is 14.4 Å². The molecule has 4 aromatic rings. The molecule has 214 valence electrons. The minimum absolute atomic E-state index is 0.281. The summed E-state index contributed by atoms with van der Waals surface area (Å²) >= 11 is 1.59. The van der Waals surface area contributed by atoms with E-state index in [4.69, 9.17) is 11.5 Å². The van der Waals surface area contributed by atoms with Crippen LogP contribution in [0.4, 0.5) is 0 Å². The second-order valence-electron chi connectivity index (χ2n) is 10.5. The van der Waals surface area contributed by atoms with Crippen LogP contribution in [0.15, 0.2) is 84.2 Å². The standard InChI is InChI=1S/C32H37N5O3S/c1-32(33,34)24-14-10-13-22(18-24)30(39)37(4)27(19-23-20-41-28-16-9-8-15-25(23)28)31(40)36(3)26(29(38)35-2)17-21-11-6-5-7-12-21/h5-16,18,20,26-27H,17,19,33-34H2,1-4H3,(H,35,38)/t26-,27-/m1/s1. The van der Waals surface area contributed by atoms with Crippen molar-refractivity contribution >= 4 is 39.1 Å². The first kappa shape index (κ1) is 29.9. The number of nitrogens with one attached hydrogen (secondary N) is 1. The Hall–Kier alpha value is -4.05. The summed E-state index contributed by atoms with van der Waals surface area (Å²) < 4.78 is 1.10. The van der Waals surface area contributed by atoms with Gasteiger partial charge in [-0.1, -0.05) is 60.7 Å². The van der Waals surface area contributed by atoms with Crippen molar-refractivity contribution in [2.24, 2.45) is 11.5 Å². The number of rotatable bonds is 10. The fourth-order valence-corrected chi connectivity index (χ4v) is 5.90. The minimum atomic E-state index is -1.13. The summed E-state index contributed by atoms with van der Waals surface area (Å²) in [6.07, 6.45) is 0.620. The van der Waals surface area contributed by atoms with E-state index in [1.54, 1.807) is 63.7 Å². The molecule has 0 saturated carbocycles. The monoisotopic (exact) mass is 571 g/mol. The second-order valence-corrected chi connectivity index (χ2v) is 11.4. The second kappa shape index (κ2) is 12.6. The summed E-state index contributed by atoms with van der Waals surface area (Å²) in [6.45, 7) is 1.66. The van der Waals surface area contributed by atoms with Crippen molar-refractivity contribution in [3.8, 4) is 0 Å². The lowest BCUT2D eigenvalue weighted by Gasteiger charge is -2.34. The molecule has 0 fully saturated rings. The molecule has 9 heteroatoms. The van der Waals surface area contributed by atoms with Gasteiger partial charge in [-0.15, -0.1) is 11.3 Å². The Morgan fingerprint density at radius 1 is 0.878 bits per heavy atom. The first-order valence-corrected chi connectivity index (χ1v) is 14.3. The number of likely N-dealkylation sites (N-methyl/N-ethyl adjacent to an activating group) is 3. The minimum Gasteiger partial charge on any atom is -0.357 e. The molecule has 0 unspecified atom stereocenters. The fourth-order valence-electron chi connectivity index (χ4n) is 4.92. The highest BCUT2D eigenvalue weighted by Crippen LogP contribution is 2.28. The van der Waals surface area contributed by atoms with Crippen molar-refractivity contribution in [3.63, 3.8) is 0 Å². The molecule has 0 aliphatic rings. The number of hydrogen-bond donors (Lipinski definition) is 3. The van der Waals surface area contributed by atoms with Gasteiger partial charge in [0, 0.05) is 44.2 Å². The Labute approximate surface area is 244 Å². The molecule has 0 spiro atoms. The number of thiophene rings is 1. The Morgan fingerprint density at radius 2 is 1.56 bits per heavy atom. The zero-order valence-corrected chi connectivity index (χ0v) is 24.7. The maximum atomic E-state index is 14.3. The van der Waals surface area contributed by atoms with Gasteiger partial charge < -0.3 is 26.6 Å². The Kier molecular flexibility index (Phi) is 9.22. The van der Waals surface area contributed by atoms with Crippen LogP contribution in [-0.2, 0) is 28.1 Å². The first-order chi connectivity index (χ1) is 19.5. The molecule has 4 rings (SSSR count). The molecule has 3 amide bonds. The number of fused-ring (bicyclic) bond motifs is 1. The fraction of sp³-hybridized carbons (Fsp3) is 0.281. The van der Waals surface area contributed by atoms with Gasteiger partial charge in [0.15, 0.2) is 0 Å². The van der Waals surface area contributed by atoms with Crippen LogP contribution in [0.3, 0.4) is 0 Å². The number of nitrogens with two attached hydrogens (primary N) is 2. The average Bonchev–Trinajstić information content (AvgIpc) is 3.39. The molecule has 0 bridgehead atoms. The largest absolute Gasteiger partial charge is 0.357 e. The van der Waals surface area contributed by atoms with E-state index in [1.807, 2.05) is 60.0 Å². The number of hydrogen-bond acceptors (Lipinski definition) is 6. The van der Waals surface area contributed by atoms with E-state index in [0.29, 0.717) is 17.5 Å². The zero-order chi connectivity index (χ0) is 29.7. The maximum absolute atomic E-state index is 14.3. The molecular formula is C32H37N5O3S. The summed E-state index contributed by atoms with van der Waals surface area (Å²) in [5, 5.41) is 5.76. The van der Waals surface area contributed by atoms with E-state index in [1.165, 1.54) is 9.80 Å². The van der Waals surface area contributed by atoms with Gasteiger partial charge in [-0.2, -0.15) is 0 Å². The molecule has 3 aromatic carbocycles. The lowest BCUT2D eigenvalue weighted by molar-refractivity contribution is -0.142. The van der Waals surface area contributed by atoms with Gasteiger partial charge in [-0.05, 0) is 52.6 Å². The molecule has 2 atom stereocenters. The number of carbonyl (C=O) groups excluding carboxylic acids is 3. The topological polar surface area (TPSA) is 122 Å². The van der Waals surface area contributed by atoms with Crippen molar-refractivity contribution in [3.05, 3.63) is 106 Å². The number of amides is 3. The van der Waals surface area contributed by atoms with Gasteiger partial charge >= 0.3 is 0 Å². The molecular weight excluding hydrogens is 534 g/mol. The smallest absolute Gasteiger partial charge is 0.254 e. The van der Waals surface area contributed by atoms with E-state index < -0.39 is 17.7 Å². The van der Waals surface area contributed by atoms with Crippen LogP contribution in [0.25, 0.3) is 10.1 Å². The molecule has 0 radical (unpaired) electrons. The lowest BCUT2D eigenvalue weighted by Crippen LogP contribution is -2.55. The zero-order valence-electron chi connectivity index (χ0n) is 23.8. The van der Waals surface area contributed by atoms with E-state index >= 15 is 0 Å². The SMILES string of the molecule is CNC(=O)[C@@H](Cc1ccccc1)N(C)C(=O)[C@@H](Cc1csc2ccccc12)N(C)C(=O)c1cccc(C(C)(N)N)c1. The van der Waals surface area contributed by atoms with Crippen molar-refractivity contribution in [1.29, 1.82) is 0 Å². The highest BCUT2D eigenvalue weighted by Gasteiger charge is 2.35. The Bertz CT molecular complexity index is 1530. The van der Waals surface area contributed by atoms with Crippen molar-refractivity contribution in [2.45, 2.75) is 37.5 Å². The van der Waals surface area contributed by atoms with Crippen LogP contribution in [0.2, 0.25) is 0 Å². The third-order valence-electron chi connectivity index (χ3n) is 7.41. The highest BCUT2D eigenvalue weighted by atomic mass is 32.1. The molecule has 8 nitrogen and oxygen atoms in total. The van der Waals surface area contributed by atoms with Crippen molar-refractivity contribution in [1.82, 2.24) is 15.1 Å². The first-order valence-electron chi connectivity index (χ1n) is 13.4. The van der Waals surface area contributed by atoms with Crippen molar-refractivity contribution in [2.75, 3.05) is 21.1 Å². The third-order valence-corrected chi connectivity index (χ3v) is 8.43. The number of benzene rings is 3. The van der Waals surface area contributed by atoms with Gasteiger partial charge in [-0.25, -0.2) is 0 Å². The summed E-state index contributed by atoms with van der Waals surface area (Å²) in [6, 6.07) is 22.7. The third kappa shape index (κ3) is 6.82. The van der Waals surface area contributed by atoms with Crippen LogP contribution >= 0.6 is 11.3 Å². The average molecular weight is 572 g/mol. The van der Waals surface area contributed by atoms with E-state index in [0.717, 1.165) is 21.2 Å². The van der Waals surface area contributed by atoms with Crippen LogP contribution in [-0.4, -0.2) is 60.7 Å². The maximum Gasteiger partial charge on any atom is 0.254 e. The van der Waals surface area contributed by atoms with E-state index in [2.05, 4.69) is 5.32 Å². The van der Waals surface area contributed by atoms with Crippen molar-refractivity contribution < 1.29 is 14.4 Å². The summed E-state index contributed by atoms with van der Waals surface area (Å²) in [7, 11) is 4.80. The van der Waals surface area contributed by atoms with Crippen LogP contribution in [0.1, 0.15) is 34.0 Å². The summed E-state index contributed by atoms with van der Waals surface area (Å²) in [5.41, 5.74) is 13.9. The molecule has 5 N–H and O–H groups in total. The summed E-state index contributed by atoms with van der Waals surface area (Å²) in [5.74, 6) is -0.961. The predicted octanol–water partition coefficient (Wildman–Crippen LogP) is 3.49. The molecule has 0 saturated heterocycles. The summed E-state index contributed by atoms with van der Waals surface area (Å²) in [4.78, 5) is 44.1. The number of carbonyl (C=O) groups is 3. The molecule has 41 heavy (non-hydrogen) atoms. The molecule has 1 heterocycles.